The van der Waals surface area contributed by atoms with E-state index in [2.05, 4.69) is 25.2 Å². The first-order valence-electron chi connectivity index (χ1n) is 8.33. The van der Waals surface area contributed by atoms with E-state index in [0.717, 1.165) is 60.6 Å². The second kappa shape index (κ2) is 5.01. The summed E-state index contributed by atoms with van der Waals surface area (Å²) in [6, 6.07) is 7.15. The lowest BCUT2D eigenvalue weighted by molar-refractivity contribution is 0.328. The van der Waals surface area contributed by atoms with Gasteiger partial charge < -0.3 is 15.2 Å². The molecule has 1 spiro atoms. The third-order valence-electron chi connectivity index (χ3n) is 5.43. The zero-order valence-corrected chi connectivity index (χ0v) is 13.2. The average Bonchev–Trinajstić information content (AvgIpc) is 3.19. The molecule has 2 aliphatic heterocycles. The molecule has 2 N–H and O–H groups in total. The summed E-state index contributed by atoms with van der Waals surface area (Å²) in [6.07, 6.45) is 5.50. The van der Waals surface area contributed by atoms with Gasteiger partial charge in [-0.25, -0.2) is 14.4 Å². The van der Waals surface area contributed by atoms with Gasteiger partial charge >= 0.3 is 0 Å². The Kier molecular flexibility index (Phi) is 2.91. The van der Waals surface area contributed by atoms with Crippen LogP contribution in [-0.4, -0.2) is 34.6 Å². The van der Waals surface area contributed by atoms with Gasteiger partial charge in [-0.15, -0.1) is 0 Å². The van der Waals surface area contributed by atoms with Crippen LogP contribution in [0.1, 0.15) is 18.4 Å². The standard InChI is InChI=1S/C18H18FN5/c19-12-1-2-15-14(9-12)18(4-7-20-8-5-18)10-24(15)17-13-3-6-21-16(13)22-11-23-17/h1-3,6,9,11,20H,4-5,7-8,10H2,(H,21,22,23). The fraction of sp³-hybridized carbons (Fsp3) is 0.333. The molecule has 24 heavy (non-hydrogen) atoms. The molecule has 5 rings (SSSR count). The van der Waals surface area contributed by atoms with Gasteiger partial charge in [-0.3, -0.25) is 0 Å². The summed E-state index contributed by atoms with van der Waals surface area (Å²) >= 11 is 0. The molecule has 0 atom stereocenters. The van der Waals surface area contributed by atoms with Crippen LogP contribution < -0.4 is 10.2 Å². The van der Waals surface area contributed by atoms with Gasteiger partial charge in [0.2, 0.25) is 0 Å². The van der Waals surface area contributed by atoms with Crippen molar-refractivity contribution < 1.29 is 4.39 Å². The van der Waals surface area contributed by atoms with Crippen LogP contribution in [-0.2, 0) is 5.41 Å². The Morgan fingerprint density at radius 3 is 2.88 bits per heavy atom. The molecule has 6 heteroatoms. The van der Waals surface area contributed by atoms with Crippen molar-refractivity contribution in [3.63, 3.8) is 0 Å². The number of aromatic nitrogens is 3. The van der Waals surface area contributed by atoms with Crippen molar-refractivity contribution in [2.75, 3.05) is 24.5 Å². The van der Waals surface area contributed by atoms with Gasteiger partial charge in [0, 0.05) is 23.8 Å². The minimum atomic E-state index is -0.164. The molecule has 3 aromatic rings. The quantitative estimate of drug-likeness (QED) is 0.723. The Hall–Kier alpha value is -2.47. The fourth-order valence-electron chi connectivity index (χ4n) is 4.24. The van der Waals surface area contributed by atoms with Gasteiger partial charge in [-0.2, -0.15) is 0 Å². The lowest BCUT2D eigenvalue weighted by atomic mass is 9.75. The molecule has 1 fully saturated rings. The molecule has 0 saturated carbocycles. The summed E-state index contributed by atoms with van der Waals surface area (Å²) < 4.78 is 14.0. The van der Waals surface area contributed by atoms with Crippen molar-refractivity contribution in [3.8, 4) is 0 Å². The molecule has 1 aromatic carbocycles. The molecule has 2 aromatic heterocycles. The van der Waals surface area contributed by atoms with E-state index in [1.165, 1.54) is 0 Å². The summed E-state index contributed by atoms with van der Waals surface area (Å²) in [5.74, 6) is 0.729. The summed E-state index contributed by atoms with van der Waals surface area (Å²) in [7, 11) is 0. The van der Waals surface area contributed by atoms with Crippen LogP contribution in [0.4, 0.5) is 15.9 Å². The third kappa shape index (κ3) is 1.89. The lowest BCUT2D eigenvalue weighted by Crippen LogP contribution is -2.42. The summed E-state index contributed by atoms with van der Waals surface area (Å²) in [5, 5.41) is 4.42. The molecule has 0 radical (unpaired) electrons. The molecular formula is C18H18FN5. The van der Waals surface area contributed by atoms with Crippen LogP contribution in [0, 0.1) is 5.82 Å². The smallest absolute Gasteiger partial charge is 0.145 e. The van der Waals surface area contributed by atoms with Crippen molar-refractivity contribution in [1.82, 2.24) is 20.3 Å². The molecule has 0 aliphatic carbocycles. The van der Waals surface area contributed by atoms with E-state index in [1.54, 1.807) is 18.5 Å². The van der Waals surface area contributed by atoms with Crippen molar-refractivity contribution in [1.29, 1.82) is 0 Å². The number of aromatic amines is 1. The fourth-order valence-corrected chi connectivity index (χ4v) is 4.24. The van der Waals surface area contributed by atoms with Crippen LogP contribution in [0.5, 0.6) is 0 Å². The van der Waals surface area contributed by atoms with E-state index in [4.69, 9.17) is 0 Å². The zero-order valence-electron chi connectivity index (χ0n) is 13.2. The predicted octanol–water partition coefficient (Wildman–Crippen LogP) is 2.87. The van der Waals surface area contributed by atoms with Crippen LogP contribution in [0.25, 0.3) is 11.0 Å². The van der Waals surface area contributed by atoms with Gasteiger partial charge in [0.1, 0.15) is 23.6 Å². The molecule has 1 saturated heterocycles. The van der Waals surface area contributed by atoms with E-state index in [-0.39, 0.29) is 11.2 Å². The molecule has 5 nitrogen and oxygen atoms in total. The van der Waals surface area contributed by atoms with Gasteiger partial charge in [0.05, 0.1) is 5.39 Å². The van der Waals surface area contributed by atoms with Crippen molar-refractivity contribution >= 4 is 22.5 Å². The Labute approximate surface area is 138 Å². The number of nitrogens with one attached hydrogen (secondary N) is 2. The van der Waals surface area contributed by atoms with Crippen molar-refractivity contribution in [2.24, 2.45) is 0 Å². The van der Waals surface area contributed by atoms with Crippen LogP contribution in [0.15, 0.2) is 36.8 Å². The molecule has 0 unspecified atom stereocenters. The lowest BCUT2D eigenvalue weighted by Gasteiger charge is -2.34. The topological polar surface area (TPSA) is 56.8 Å². The molecule has 122 valence electrons. The maximum absolute atomic E-state index is 14.0. The van der Waals surface area contributed by atoms with Gasteiger partial charge in [0.25, 0.3) is 0 Å². The maximum Gasteiger partial charge on any atom is 0.145 e. The Morgan fingerprint density at radius 2 is 2.00 bits per heavy atom. The zero-order chi connectivity index (χ0) is 16.1. The van der Waals surface area contributed by atoms with E-state index in [0.29, 0.717) is 0 Å². The van der Waals surface area contributed by atoms with E-state index in [1.807, 2.05) is 18.3 Å². The number of anilines is 2. The normalized spacial score (nSPS) is 19.1. The van der Waals surface area contributed by atoms with E-state index >= 15 is 0 Å². The number of hydrogen-bond acceptors (Lipinski definition) is 4. The minimum absolute atomic E-state index is 0.00371. The second-order valence-corrected chi connectivity index (χ2v) is 6.72. The highest BCUT2D eigenvalue weighted by Gasteiger charge is 2.44. The van der Waals surface area contributed by atoms with Gasteiger partial charge in [-0.05, 0) is 55.8 Å². The monoisotopic (exact) mass is 323 g/mol. The number of hydrogen-bond donors (Lipinski definition) is 2. The maximum atomic E-state index is 14.0. The first-order valence-corrected chi connectivity index (χ1v) is 8.33. The Bertz CT molecular complexity index is 913. The van der Waals surface area contributed by atoms with Gasteiger partial charge in [-0.1, -0.05) is 0 Å². The first kappa shape index (κ1) is 13.9. The highest BCUT2D eigenvalue weighted by molar-refractivity contribution is 5.91. The van der Waals surface area contributed by atoms with E-state index in [9.17, 15) is 4.39 Å². The highest BCUT2D eigenvalue weighted by Crippen LogP contribution is 2.49. The highest BCUT2D eigenvalue weighted by atomic mass is 19.1. The first-order chi connectivity index (χ1) is 11.8. The molecule has 0 bridgehead atoms. The average molecular weight is 323 g/mol. The number of H-pyrrole nitrogens is 1. The number of rotatable bonds is 1. The van der Waals surface area contributed by atoms with Crippen LogP contribution in [0.2, 0.25) is 0 Å². The largest absolute Gasteiger partial charge is 0.346 e. The van der Waals surface area contributed by atoms with Crippen molar-refractivity contribution in [3.05, 3.63) is 48.2 Å². The predicted molar refractivity (Wildman–Crippen MR) is 91.1 cm³/mol. The summed E-state index contributed by atoms with van der Waals surface area (Å²) in [5.41, 5.74) is 3.01. The van der Waals surface area contributed by atoms with Crippen LogP contribution >= 0.6 is 0 Å². The third-order valence-corrected chi connectivity index (χ3v) is 5.43. The SMILES string of the molecule is Fc1ccc2c(c1)C1(CCNCC1)CN2c1ncnc2[nH]ccc12. The van der Waals surface area contributed by atoms with E-state index < -0.39 is 0 Å². The molecule has 0 amide bonds. The number of fused-ring (bicyclic) bond motifs is 3. The summed E-state index contributed by atoms with van der Waals surface area (Å²) in [4.78, 5) is 14.2. The molecule has 4 heterocycles. The minimum Gasteiger partial charge on any atom is -0.346 e. The Balaban J connectivity index is 1.70. The molecule has 2 aliphatic rings. The number of halogens is 1. The van der Waals surface area contributed by atoms with Crippen molar-refractivity contribution in [2.45, 2.75) is 18.3 Å². The number of nitrogens with zero attached hydrogens (tertiary/aromatic N) is 3. The molecular weight excluding hydrogens is 305 g/mol. The summed E-state index contributed by atoms with van der Waals surface area (Å²) in [6.45, 7) is 2.77. The van der Waals surface area contributed by atoms with Crippen LogP contribution in [0.3, 0.4) is 0 Å². The second-order valence-electron chi connectivity index (χ2n) is 6.72. The van der Waals surface area contributed by atoms with Gasteiger partial charge in [0.15, 0.2) is 0 Å². The number of piperidine rings is 1. The Morgan fingerprint density at radius 1 is 1.12 bits per heavy atom. The number of benzene rings is 1.